The summed E-state index contributed by atoms with van der Waals surface area (Å²) in [6, 6.07) is 14.2. The van der Waals surface area contributed by atoms with Gasteiger partial charge in [-0.25, -0.2) is 0 Å². The normalized spacial score (nSPS) is 10.2. The molecule has 0 spiro atoms. The highest BCUT2D eigenvalue weighted by Crippen LogP contribution is 2.25. The zero-order valence-electron chi connectivity index (χ0n) is 10.0. The van der Waals surface area contributed by atoms with Crippen LogP contribution in [-0.4, -0.2) is 26.7 Å². The SMILES string of the molecule is COC(=O)CN(C)c1cccc2ccccc12. The third-order valence-electron chi connectivity index (χ3n) is 2.77. The number of rotatable bonds is 3. The highest BCUT2D eigenvalue weighted by molar-refractivity contribution is 5.95. The maximum Gasteiger partial charge on any atom is 0.325 e. The Hall–Kier alpha value is -2.03. The lowest BCUT2D eigenvalue weighted by Crippen LogP contribution is -2.26. The van der Waals surface area contributed by atoms with Crippen LogP contribution in [0, 0.1) is 0 Å². The van der Waals surface area contributed by atoms with Gasteiger partial charge in [0.15, 0.2) is 0 Å². The van der Waals surface area contributed by atoms with E-state index in [9.17, 15) is 4.79 Å². The van der Waals surface area contributed by atoms with E-state index in [1.165, 1.54) is 12.5 Å². The number of esters is 1. The van der Waals surface area contributed by atoms with E-state index in [1.54, 1.807) is 0 Å². The molecular formula is C14H15NO2. The molecule has 0 heterocycles. The number of ether oxygens (including phenoxy) is 1. The van der Waals surface area contributed by atoms with E-state index in [0.717, 1.165) is 11.1 Å². The van der Waals surface area contributed by atoms with Gasteiger partial charge in [-0.05, 0) is 11.5 Å². The minimum Gasteiger partial charge on any atom is -0.468 e. The number of anilines is 1. The number of hydrogen-bond donors (Lipinski definition) is 0. The monoisotopic (exact) mass is 229 g/mol. The highest BCUT2D eigenvalue weighted by atomic mass is 16.5. The van der Waals surface area contributed by atoms with Crippen molar-refractivity contribution in [2.45, 2.75) is 0 Å². The van der Waals surface area contributed by atoms with Crippen molar-refractivity contribution < 1.29 is 9.53 Å². The fourth-order valence-electron chi connectivity index (χ4n) is 1.88. The van der Waals surface area contributed by atoms with E-state index in [2.05, 4.69) is 22.9 Å². The van der Waals surface area contributed by atoms with Crippen LogP contribution in [0.25, 0.3) is 10.8 Å². The second kappa shape index (κ2) is 4.87. The molecule has 0 radical (unpaired) electrons. The Balaban J connectivity index is 2.38. The van der Waals surface area contributed by atoms with Crippen LogP contribution in [0.1, 0.15) is 0 Å². The van der Waals surface area contributed by atoms with Gasteiger partial charge < -0.3 is 9.64 Å². The third-order valence-corrected chi connectivity index (χ3v) is 2.77. The molecule has 0 saturated carbocycles. The van der Waals surface area contributed by atoms with Gasteiger partial charge in [0.1, 0.15) is 6.54 Å². The lowest BCUT2D eigenvalue weighted by atomic mass is 10.1. The molecule has 2 aromatic rings. The number of hydrogen-bond acceptors (Lipinski definition) is 3. The molecule has 3 heteroatoms. The Bertz CT molecular complexity index is 531. The van der Waals surface area contributed by atoms with Crippen LogP contribution in [0.2, 0.25) is 0 Å². The van der Waals surface area contributed by atoms with Gasteiger partial charge in [-0.1, -0.05) is 36.4 Å². The summed E-state index contributed by atoms with van der Waals surface area (Å²) in [5.74, 6) is -0.236. The highest BCUT2D eigenvalue weighted by Gasteiger charge is 2.09. The zero-order valence-corrected chi connectivity index (χ0v) is 10.0. The Labute approximate surface area is 101 Å². The Morgan fingerprint density at radius 1 is 1.18 bits per heavy atom. The van der Waals surface area contributed by atoms with Crippen molar-refractivity contribution in [2.75, 3.05) is 25.6 Å². The summed E-state index contributed by atoms with van der Waals surface area (Å²) in [6.07, 6.45) is 0. The fraction of sp³-hybridized carbons (Fsp3) is 0.214. The van der Waals surface area contributed by atoms with E-state index in [1.807, 2.05) is 36.2 Å². The largest absolute Gasteiger partial charge is 0.468 e. The van der Waals surface area contributed by atoms with Gasteiger partial charge in [0, 0.05) is 18.1 Å². The zero-order chi connectivity index (χ0) is 12.3. The Morgan fingerprint density at radius 3 is 2.65 bits per heavy atom. The van der Waals surface area contributed by atoms with Crippen LogP contribution >= 0.6 is 0 Å². The first-order valence-corrected chi connectivity index (χ1v) is 5.48. The first kappa shape index (κ1) is 11.5. The van der Waals surface area contributed by atoms with E-state index < -0.39 is 0 Å². The maximum atomic E-state index is 11.3. The topological polar surface area (TPSA) is 29.5 Å². The quantitative estimate of drug-likeness (QED) is 0.757. The molecule has 2 aromatic carbocycles. The molecule has 0 aliphatic carbocycles. The average Bonchev–Trinajstić information content (AvgIpc) is 2.37. The summed E-state index contributed by atoms with van der Waals surface area (Å²) in [4.78, 5) is 13.2. The van der Waals surface area contributed by atoms with E-state index >= 15 is 0 Å². The lowest BCUT2D eigenvalue weighted by molar-refractivity contribution is -0.138. The van der Waals surface area contributed by atoms with Crippen LogP contribution < -0.4 is 4.90 Å². The molecule has 88 valence electrons. The number of likely N-dealkylation sites (N-methyl/N-ethyl adjacent to an activating group) is 1. The Morgan fingerprint density at radius 2 is 1.88 bits per heavy atom. The summed E-state index contributed by atoms with van der Waals surface area (Å²) in [7, 11) is 3.29. The second-order valence-corrected chi connectivity index (χ2v) is 3.93. The first-order valence-electron chi connectivity index (χ1n) is 5.48. The number of carbonyl (C=O) groups excluding carboxylic acids is 1. The van der Waals surface area contributed by atoms with Gasteiger partial charge in [0.05, 0.1) is 7.11 Å². The van der Waals surface area contributed by atoms with Crippen LogP contribution in [0.5, 0.6) is 0 Å². The van der Waals surface area contributed by atoms with Gasteiger partial charge in [-0.2, -0.15) is 0 Å². The summed E-state index contributed by atoms with van der Waals surface area (Å²) in [6.45, 7) is 0.254. The Kier molecular flexibility index (Phi) is 3.28. The molecule has 0 aromatic heterocycles. The van der Waals surface area contributed by atoms with Crippen LogP contribution in [-0.2, 0) is 9.53 Å². The predicted octanol–water partition coefficient (Wildman–Crippen LogP) is 2.45. The molecule has 3 nitrogen and oxygen atoms in total. The first-order chi connectivity index (χ1) is 8.22. The minimum absolute atomic E-state index is 0.236. The van der Waals surface area contributed by atoms with Gasteiger partial charge in [-0.15, -0.1) is 0 Å². The summed E-state index contributed by atoms with van der Waals surface area (Å²) in [5.41, 5.74) is 1.04. The second-order valence-electron chi connectivity index (χ2n) is 3.93. The molecule has 2 rings (SSSR count). The van der Waals surface area contributed by atoms with Gasteiger partial charge in [-0.3, -0.25) is 4.79 Å². The third kappa shape index (κ3) is 2.38. The standard InChI is InChI=1S/C14H15NO2/c1-15(10-14(16)17-2)13-9-5-7-11-6-3-4-8-12(11)13/h3-9H,10H2,1-2H3. The molecule has 0 N–H and O–H groups in total. The van der Waals surface area contributed by atoms with Gasteiger partial charge in [0.25, 0.3) is 0 Å². The van der Waals surface area contributed by atoms with E-state index in [0.29, 0.717) is 0 Å². The molecule has 0 aliphatic heterocycles. The van der Waals surface area contributed by atoms with Crippen LogP contribution in [0.3, 0.4) is 0 Å². The maximum absolute atomic E-state index is 11.3. The van der Waals surface area contributed by atoms with Crippen LogP contribution in [0.15, 0.2) is 42.5 Å². The van der Waals surface area contributed by atoms with Crippen molar-refractivity contribution in [3.8, 4) is 0 Å². The van der Waals surface area contributed by atoms with Crippen molar-refractivity contribution in [1.29, 1.82) is 0 Å². The number of nitrogens with zero attached hydrogens (tertiary/aromatic N) is 1. The predicted molar refractivity (Wildman–Crippen MR) is 69.2 cm³/mol. The lowest BCUT2D eigenvalue weighted by Gasteiger charge is -2.19. The van der Waals surface area contributed by atoms with Crippen molar-refractivity contribution in [2.24, 2.45) is 0 Å². The molecule has 0 fully saturated rings. The minimum atomic E-state index is -0.236. The molecule has 0 aliphatic rings. The number of methoxy groups -OCH3 is 1. The summed E-state index contributed by atoms with van der Waals surface area (Å²) < 4.78 is 4.67. The summed E-state index contributed by atoms with van der Waals surface area (Å²) >= 11 is 0. The molecule has 0 atom stereocenters. The summed E-state index contributed by atoms with van der Waals surface area (Å²) in [5, 5.41) is 2.31. The molecular weight excluding hydrogens is 214 g/mol. The smallest absolute Gasteiger partial charge is 0.325 e. The molecule has 17 heavy (non-hydrogen) atoms. The van der Waals surface area contributed by atoms with Crippen molar-refractivity contribution in [1.82, 2.24) is 0 Å². The van der Waals surface area contributed by atoms with Crippen molar-refractivity contribution >= 4 is 22.4 Å². The number of fused-ring (bicyclic) bond motifs is 1. The number of carbonyl (C=O) groups is 1. The van der Waals surface area contributed by atoms with Gasteiger partial charge >= 0.3 is 5.97 Å². The van der Waals surface area contributed by atoms with Crippen molar-refractivity contribution in [3.63, 3.8) is 0 Å². The van der Waals surface area contributed by atoms with Crippen molar-refractivity contribution in [3.05, 3.63) is 42.5 Å². The van der Waals surface area contributed by atoms with Gasteiger partial charge in [0.2, 0.25) is 0 Å². The van der Waals surface area contributed by atoms with E-state index in [-0.39, 0.29) is 12.5 Å². The molecule has 0 saturated heterocycles. The average molecular weight is 229 g/mol. The van der Waals surface area contributed by atoms with Crippen LogP contribution in [0.4, 0.5) is 5.69 Å². The number of benzene rings is 2. The molecule has 0 unspecified atom stereocenters. The van der Waals surface area contributed by atoms with E-state index in [4.69, 9.17) is 0 Å². The molecule has 0 bridgehead atoms. The molecule has 0 amide bonds. The fourth-order valence-corrected chi connectivity index (χ4v) is 1.88.